The van der Waals surface area contributed by atoms with E-state index in [1.165, 1.54) is 0 Å². The lowest BCUT2D eigenvalue weighted by Crippen LogP contribution is -2.21. The predicted molar refractivity (Wildman–Crippen MR) is 105 cm³/mol. The molecule has 27 heavy (non-hydrogen) atoms. The Bertz CT molecular complexity index is 943. The molecule has 7 heteroatoms. The van der Waals surface area contributed by atoms with Gasteiger partial charge in [-0.25, -0.2) is 4.79 Å². The summed E-state index contributed by atoms with van der Waals surface area (Å²) >= 11 is 3.33. The van der Waals surface area contributed by atoms with E-state index in [-0.39, 0.29) is 6.61 Å². The standard InChI is InChI=1S/C20H19BrN2O4/c1-13-10-18(14(2)23(13)11-17-4-3-9-26-17)20(25)27-12-19(24)22-16-7-5-15(21)6-8-16/h3-10H,11-12H2,1-2H3,(H,22,24). The van der Waals surface area contributed by atoms with E-state index in [9.17, 15) is 9.59 Å². The Morgan fingerprint density at radius 1 is 1.19 bits per heavy atom. The first kappa shape index (κ1) is 19.0. The lowest BCUT2D eigenvalue weighted by molar-refractivity contribution is -0.119. The Kier molecular flexibility index (Phi) is 5.81. The molecule has 0 atom stereocenters. The molecule has 2 aromatic heterocycles. The quantitative estimate of drug-likeness (QED) is 0.591. The van der Waals surface area contributed by atoms with Crippen LogP contribution in [-0.4, -0.2) is 23.1 Å². The van der Waals surface area contributed by atoms with Crippen LogP contribution in [0.3, 0.4) is 0 Å². The van der Waals surface area contributed by atoms with Crippen molar-refractivity contribution in [3.8, 4) is 0 Å². The van der Waals surface area contributed by atoms with Gasteiger partial charge in [-0.05, 0) is 56.3 Å². The number of carbonyl (C=O) groups excluding carboxylic acids is 2. The van der Waals surface area contributed by atoms with E-state index in [0.29, 0.717) is 17.8 Å². The summed E-state index contributed by atoms with van der Waals surface area (Å²) < 4.78 is 13.4. The van der Waals surface area contributed by atoms with E-state index in [1.54, 1.807) is 24.5 Å². The molecule has 0 saturated heterocycles. The van der Waals surface area contributed by atoms with Crippen molar-refractivity contribution in [3.63, 3.8) is 0 Å². The highest BCUT2D eigenvalue weighted by Gasteiger charge is 2.18. The lowest BCUT2D eigenvalue weighted by atomic mass is 10.2. The first-order valence-corrected chi connectivity index (χ1v) is 9.15. The lowest BCUT2D eigenvalue weighted by Gasteiger charge is -2.08. The average Bonchev–Trinajstić information content (AvgIpc) is 3.25. The van der Waals surface area contributed by atoms with Gasteiger partial charge in [0.2, 0.25) is 0 Å². The minimum atomic E-state index is -0.528. The van der Waals surface area contributed by atoms with Crippen molar-refractivity contribution in [3.05, 3.63) is 75.9 Å². The fourth-order valence-corrected chi connectivity index (χ4v) is 3.01. The molecule has 6 nitrogen and oxygen atoms in total. The maximum atomic E-state index is 12.4. The van der Waals surface area contributed by atoms with Crippen LogP contribution in [-0.2, 0) is 16.1 Å². The number of anilines is 1. The Labute approximate surface area is 165 Å². The van der Waals surface area contributed by atoms with Crippen molar-refractivity contribution in [2.24, 2.45) is 0 Å². The Hall–Kier alpha value is -2.80. The molecule has 1 amide bonds. The van der Waals surface area contributed by atoms with Crippen molar-refractivity contribution in [2.45, 2.75) is 20.4 Å². The summed E-state index contributed by atoms with van der Waals surface area (Å²) in [6.07, 6.45) is 1.61. The molecule has 3 rings (SSSR count). The van der Waals surface area contributed by atoms with Crippen molar-refractivity contribution in [1.29, 1.82) is 0 Å². The summed E-state index contributed by atoms with van der Waals surface area (Å²) in [5.41, 5.74) is 2.75. The van der Waals surface area contributed by atoms with Gasteiger partial charge in [-0.2, -0.15) is 0 Å². The summed E-state index contributed by atoms with van der Waals surface area (Å²) in [4.78, 5) is 24.4. The average molecular weight is 431 g/mol. The molecule has 3 aromatic rings. The molecular weight excluding hydrogens is 412 g/mol. The fourth-order valence-electron chi connectivity index (χ4n) is 2.75. The van der Waals surface area contributed by atoms with Gasteiger partial charge in [-0.3, -0.25) is 4.79 Å². The van der Waals surface area contributed by atoms with Gasteiger partial charge in [-0.1, -0.05) is 15.9 Å². The van der Waals surface area contributed by atoms with Crippen LogP contribution >= 0.6 is 15.9 Å². The zero-order valence-electron chi connectivity index (χ0n) is 15.0. The molecule has 0 aliphatic rings. The second kappa shape index (κ2) is 8.26. The van der Waals surface area contributed by atoms with Crippen molar-refractivity contribution >= 4 is 33.5 Å². The van der Waals surface area contributed by atoms with Crippen LogP contribution in [0.2, 0.25) is 0 Å². The number of halogens is 1. The SMILES string of the molecule is Cc1cc(C(=O)OCC(=O)Nc2ccc(Br)cc2)c(C)n1Cc1ccco1. The number of ether oxygens (including phenoxy) is 1. The summed E-state index contributed by atoms with van der Waals surface area (Å²) in [7, 11) is 0. The topological polar surface area (TPSA) is 73.5 Å². The number of hydrogen-bond donors (Lipinski definition) is 1. The smallest absolute Gasteiger partial charge is 0.340 e. The van der Waals surface area contributed by atoms with Gasteiger partial charge in [-0.15, -0.1) is 0 Å². The fraction of sp³-hybridized carbons (Fsp3) is 0.200. The third-order valence-corrected chi connectivity index (χ3v) is 4.68. The highest BCUT2D eigenvalue weighted by atomic mass is 79.9. The van der Waals surface area contributed by atoms with Crippen LogP contribution < -0.4 is 5.32 Å². The van der Waals surface area contributed by atoms with Crippen LogP contribution in [0, 0.1) is 13.8 Å². The predicted octanol–water partition coefficient (Wildman–Crippen LogP) is 4.30. The van der Waals surface area contributed by atoms with Gasteiger partial charge in [0, 0.05) is 21.5 Å². The third-order valence-electron chi connectivity index (χ3n) is 4.15. The number of hydrogen-bond acceptors (Lipinski definition) is 4. The minimum Gasteiger partial charge on any atom is -0.467 e. The van der Waals surface area contributed by atoms with Gasteiger partial charge in [0.25, 0.3) is 5.91 Å². The zero-order chi connectivity index (χ0) is 19.4. The summed E-state index contributed by atoms with van der Waals surface area (Å²) in [5.74, 6) is -0.125. The van der Waals surface area contributed by atoms with Gasteiger partial charge < -0.3 is 19.0 Å². The van der Waals surface area contributed by atoms with Gasteiger partial charge in [0.15, 0.2) is 6.61 Å². The van der Waals surface area contributed by atoms with E-state index < -0.39 is 11.9 Å². The minimum absolute atomic E-state index is 0.350. The number of rotatable bonds is 6. The molecule has 0 fully saturated rings. The van der Waals surface area contributed by atoms with Gasteiger partial charge in [0.05, 0.1) is 18.4 Å². The van der Waals surface area contributed by atoms with Crippen LogP contribution in [0.15, 0.2) is 57.6 Å². The summed E-state index contributed by atoms with van der Waals surface area (Å²) in [5, 5.41) is 2.68. The number of carbonyl (C=O) groups is 2. The molecule has 0 spiro atoms. The first-order chi connectivity index (χ1) is 12.9. The number of esters is 1. The zero-order valence-corrected chi connectivity index (χ0v) is 16.6. The maximum absolute atomic E-state index is 12.4. The van der Waals surface area contributed by atoms with Crippen molar-refractivity contribution in [2.75, 3.05) is 11.9 Å². The summed E-state index contributed by atoms with van der Waals surface area (Å²) in [6.45, 7) is 3.93. The molecule has 2 heterocycles. The molecule has 1 aromatic carbocycles. The second-order valence-electron chi connectivity index (χ2n) is 6.08. The molecule has 140 valence electrons. The largest absolute Gasteiger partial charge is 0.467 e. The Morgan fingerprint density at radius 2 is 1.93 bits per heavy atom. The number of furan rings is 1. The molecule has 0 bridgehead atoms. The van der Waals surface area contributed by atoms with Gasteiger partial charge >= 0.3 is 5.97 Å². The third kappa shape index (κ3) is 4.68. The Balaban J connectivity index is 1.60. The number of aromatic nitrogens is 1. The second-order valence-corrected chi connectivity index (χ2v) is 7.00. The highest BCUT2D eigenvalue weighted by molar-refractivity contribution is 9.10. The van der Waals surface area contributed by atoms with Crippen LogP contribution in [0.4, 0.5) is 5.69 Å². The molecule has 1 N–H and O–H groups in total. The molecule has 0 aliphatic heterocycles. The number of nitrogens with one attached hydrogen (secondary N) is 1. The van der Waals surface area contributed by atoms with Crippen molar-refractivity contribution < 1.29 is 18.7 Å². The monoisotopic (exact) mass is 430 g/mol. The van der Waals surface area contributed by atoms with Crippen LogP contribution in [0.25, 0.3) is 0 Å². The molecule has 0 aliphatic carbocycles. The van der Waals surface area contributed by atoms with Gasteiger partial charge in [0.1, 0.15) is 5.76 Å². The normalized spacial score (nSPS) is 10.6. The van der Waals surface area contributed by atoms with Crippen LogP contribution in [0.1, 0.15) is 27.5 Å². The molecule has 0 radical (unpaired) electrons. The van der Waals surface area contributed by atoms with E-state index in [0.717, 1.165) is 21.6 Å². The van der Waals surface area contributed by atoms with E-state index in [2.05, 4.69) is 21.2 Å². The highest BCUT2D eigenvalue weighted by Crippen LogP contribution is 2.18. The number of nitrogens with zero attached hydrogens (tertiary/aromatic N) is 1. The van der Waals surface area contributed by atoms with Crippen LogP contribution in [0.5, 0.6) is 0 Å². The number of aryl methyl sites for hydroxylation is 1. The molecule has 0 unspecified atom stereocenters. The molecule has 0 saturated carbocycles. The number of amides is 1. The van der Waals surface area contributed by atoms with E-state index in [4.69, 9.17) is 9.15 Å². The number of benzene rings is 1. The maximum Gasteiger partial charge on any atom is 0.340 e. The van der Waals surface area contributed by atoms with E-state index in [1.807, 2.05) is 42.7 Å². The summed E-state index contributed by atoms with van der Waals surface area (Å²) in [6, 6.07) is 12.6. The van der Waals surface area contributed by atoms with Crippen molar-refractivity contribution in [1.82, 2.24) is 4.57 Å². The Morgan fingerprint density at radius 3 is 2.59 bits per heavy atom. The first-order valence-electron chi connectivity index (χ1n) is 8.35. The van der Waals surface area contributed by atoms with E-state index >= 15 is 0 Å². The molecular formula is C20H19BrN2O4.